The second-order valence-electron chi connectivity index (χ2n) is 5.35. The molecule has 3 aromatic rings. The monoisotopic (exact) mass is 342 g/mol. The molecular formula is C19H19FN2O3. The Hall–Kier alpha value is -2.86. The van der Waals surface area contributed by atoms with Crippen LogP contribution in [0.4, 0.5) is 4.39 Å². The number of hydrogen-bond acceptors (Lipinski definition) is 5. The Morgan fingerprint density at radius 1 is 1.04 bits per heavy atom. The van der Waals surface area contributed by atoms with Gasteiger partial charge in [0.25, 0.3) is 0 Å². The summed E-state index contributed by atoms with van der Waals surface area (Å²) >= 11 is 0. The van der Waals surface area contributed by atoms with E-state index in [1.165, 1.54) is 6.07 Å². The lowest BCUT2D eigenvalue weighted by atomic mass is 10.1. The lowest BCUT2D eigenvalue weighted by molar-refractivity contribution is 0.292. The zero-order valence-electron chi connectivity index (χ0n) is 13.9. The lowest BCUT2D eigenvalue weighted by Crippen LogP contribution is -2.06. The zero-order valence-corrected chi connectivity index (χ0v) is 13.9. The highest BCUT2D eigenvalue weighted by atomic mass is 19.1. The van der Waals surface area contributed by atoms with E-state index in [1.54, 1.807) is 49.7 Å². The fourth-order valence-corrected chi connectivity index (χ4v) is 2.40. The van der Waals surface area contributed by atoms with Crippen molar-refractivity contribution in [2.24, 2.45) is 5.73 Å². The Morgan fingerprint density at radius 3 is 2.64 bits per heavy atom. The van der Waals surface area contributed by atoms with Crippen LogP contribution in [0.3, 0.4) is 0 Å². The van der Waals surface area contributed by atoms with Crippen molar-refractivity contribution in [1.82, 2.24) is 4.98 Å². The molecule has 3 rings (SSSR count). The number of aromatic nitrogens is 1. The number of fused-ring (bicyclic) bond motifs is 1. The van der Waals surface area contributed by atoms with Gasteiger partial charge in [-0.05, 0) is 37.2 Å². The molecule has 130 valence electrons. The summed E-state index contributed by atoms with van der Waals surface area (Å²) in [6, 6.07) is 11.5. The number of hydrogen-bond donors (Lipinski definition) is 1. The van der Waals surface area contributed by atoms with Gasteiger partial charge < -0.3 is 19.9 Å². The lowest BCUT2D eigenvalue weighted by Gasteiger charge is -2.14. The minimum absolute atomic E-state index is 0.150. The number of benzene rings is 2. The first-order valence-electron chi connectivity index (χ1n) is 7.95. The van der Waals surface area contributed by atoms with E-state index in [-0.39, 0.29) is 5.75 Å². The van der Waals surface area contributed by atoms with Gasteiger partial charge in [-0.2, -0.15) is 0 Å². The van der Waals surface area contributed by atoms with Gasteiger partial charge in [0.05, 0.1) is 19.2 Å². The fraction of sp³-hybridized carbons (Fsp3) is 0.211. The van der Waals surface area contributed by atoms with Crippen LogP contribution in [0.1, 0.15) is 6.42 Å². The van der Waals surface area contributed by atoms with Crippen LogP contribution in [-0.2, 0) is 0 Å². The second kappa shape index (κ2) is 7.81. The van der Waals surface area contributed by atoms with Crippen molar-refractivity contribution < 1.29 is 18.6 Å². The minimum Gasteiger partial charge on any atom is -0.493 e. The SMILES string of the molecule is COc1cc2c(Oc3ccccc3F)ccnc2cc1OCCCN. The molecule has 0 aliphatic carbocycles. The first-order valence-corrected chi connectivity index (χ1v) is 7.95. The smallest absolute Gasteiger partial charge is 0.165 e. The molecule has 0 radical (unpaired) electrons. The Balaban J connectivity index is 1.99. The molecule has 1 heterocycles. The molecule has 25 heavy (non-hydrogen) atoms. The van der Waals surface area contributed by atoms with Gasteiger partial charge >= 0.3 is 0 Å². The average molecular weight is 342 g/mol. The van der Waals surface area contributed by atoms with Crippen molar-refractivity contribution >= 4 is 10.9 Å². The van der Waals surface area contributed by atoms with Crippen molar-refractivity contribution in [2.75, 3.05) is 20.3 Å². The van der Waals surface area contributed by atoms with E-state index in [0.29, 0.717) is 41.3 Å². The highest BCUT2D eigenvalue weighted by molar-refractivity contribution is 5.88. The summed E-state index contributed by atoms with van der Waals surface area (Å²) in [5.41, 5.74) is 6.15. The van der Waals surface area contributed by atoms with Gasteiger partial charge in [-0.3, -0.25) is 4.98 Å². The molecule has 0 amide bonds. The summed E-state index contributed by atoms with van der Waals surface area (Å²) in [5, 5.41) is 0.703. The van der Waals surface area contributed by atoms with Crippen LogP contribution in [0.2, 0.25) is 0 Å². The molecule has 0 saturated carbocycles. The van der Waals surface area contributed by atoms with Crippen molar-refractivity contribution in [1.29, 1.82) is 0 Å². The third-order valence-electron chi connectivity index (χ3n) is 3.65. The number of rotatable bonds is 7. The number of methoxy groups -OCH3 is 1. The predicted molar refractivity (Wildman–Crippen MR) is 93.9 cm³/mol. The standard InChI is InChI=1S/C19H19FN2O3/c1-23-18-11-13-15(12-19(18)24-10-4-8-21)22-9-7-16(13)25-17-6-3-2-5-14(17)20/h2-3,5-7,9,11-12H,4,8,10,21H2,1H3. The molecule has 2 N–H and O–H groups in total. The van der Waals surface area contributed by atoms with Crippen LogP contribution in [-0.4, -0.2) is 25.2 Å². The first-order chi connectivity index (χ1) is 12.2. The van der Waals surface area contributed by atoms with Gasteiger partial charge in [-0.1, -0.05) is 12.1 Å². The maximum Gasteiger partial charge on any atom is 0.165 e. The summed E-state index contributed by atoms with van der Waals surface area (Å²) in [6.45, 7) is 1.04. The largest absolute Gasteiger partial charge is 0.493 e. The second-order valence-corrected chi connectivity index (χ2v) is 5.35. The normalized spacial score (nSPS) is 10.7. The Morgan fingerprint density at radius 2 is 1.88 bits per heavy atom. The molecule has 0 saturated heterocycles. The average Bonchev–Trinajstić information content (AvgIpc) is 2.63. The predicted octanol–water partition coefficient (Wildman–Crippen LogP) is 3.90. The Labute approximate surface area is 145 Å². The number of ether oxygens (including phenoxy) is 3. The first kappa shape index (κ1) is 17.0. The topological polar surface area (TPSA) is 66.6 Å². The summed E-state index contributed by atoms with van der Waals surface area (Å²) in [4.78, 5) is 4.34. The minimum atomic E-state index is -0.429. The molecule has 2 aromatic carbocycles. The zero-order chi connectivity index (χ0) is 17.6. The van der Waals surface area contributed by atoms with Crippen LogP contribution in [0.15, 0.2) is 48.7 Å². The summed E-state index contributed by atoms with van der Waals surface area (Å²) < 4.78 is 30.7. The van der Waals surface area contributed by atoms with E-state index in [9.17, 15) is 4.39 Å². The number of pyridine rings is 1. The summed E-state index contributed by atoms with van der Waals surface area (Å²) in [7, 11) is 1.56. The van der Waals surface area contributed by atoms with E-state index in [2.05, 4.69) is 4.98 Å². The molecular weight excluding hydrogens is 323 g/mol. The van der Waals surface area contributed by atoms with E-state index in [0.717, 1.165) is 6.42 Å². The summed E-state index contributed by atoms with van der Waals surface area (Å²) in [6.07, 6.45) is 2.35. The molecule has 0 spiro atoms. The fourth-order valence-electron chi connectivity index (χ4n) is 2.40. The highest BCUT2D eigenvalue weighted by Gasteiger charge is 2.13. The van der Waals surface area contributed by atoms with Gasteiger partial charge in [0.2, 0.25) is 0 Å². The van der Waals surface area contributed by atoms with Crippen LogP contribution in [0, 0.1) is 5.82 Å². The summed E-state index contributed by atoms with van der Waals surface area (Å²) in [5.74, 6) is 1.34. The Bertz CT molecular complexity index is 870. The van der Waals surface area contributed by atoms with Crippen LogP contribution >= 0.6 is 0 Å². The molecule has 0 atom stereocenters. The van der Waals surface area contributed by atoms with E-state index >= 15 is 0 Å². The number of halogens is 1. The third-order valence-corrected chi connectivity index (χ3v) is 3.65. The molecule has 0 fully saturated rings. The molecule has 0 aliphatic heterocycles. The number of para-hydroxylation sites is 1. The quantitative estimate of drug-likeness (QED) is 0.660. The third kappa shape index (κ3) is 3.80. The van der Waals surface area contributed by atoms with E-state index in [1.807, 2.05) is 0 Å². The van der Waals surface area contributed by atoms with Gasteiger partial charge in [0, 0.05) is 17.6 Å². The van der Waals surface area contributed by atoms with Crippen LogP contribution in [0.25, 0.3) is 10.9 Å². The van der Waals surface area contributed by atoms with Crippen molar-refractivity contribution in [2.45, 2.75) is 6.42 Å². The van der Waals surface area contributed by atoms with Gasteiger partial charge in [0.1, 0.15) is 5.75 Å². The molecule has 6 heteroatoms. The molecule has 0 bridgehead atoms. The van der Waals surface area contributed by atoms with Crippen LogP contribution in [0.5, 0.6) is 23.0 Å². The number of nitrogens with zero attached hydrogens (tertiary/aromatic N) is 1. The van der Waals surface area contributed by atoms with Crippen LogP contribution < -0.4 is 19.9 Å². The van der Waals surface area contributed by atoms with Gasteiger partial charge in [-0.15, -0.1) is 0 Å². The Kier molecular flexibility index (Phi) is 5.30. The van der Waals surface area contributed by atoms with E-state index in [4.69, 9.17) is 19.9 Å². The van der Waals surface area contributed by atoms with Crippen molar-refractivity contribution in [3.05, 3.63) is 54.5 Å². The number of nitrogens with two attached hydrogens (primary N) is 1. The van der Waals surface area contributed by atoms with E-state index < -0.39 is 5.82 Å². The molecule has 1 aromatic heterocycles. The maximum atomic E-state index is 13.9. The van der Waals surface area contributed by atoms with Gasteiger partial charge in [0.15, 0.2) is 23.1 Å². The highest BCUT2D eigenvalue weighted by Crippen LogP contribution is 2.37. The molecule has 0 unspecified atom stereocenters. The maximum absolute atomic E-state index is 13.9. The molecule has 5 nitrogen and oxygen atoms in total. The van der Waals surface area contributed by atoms with Crippen molar-refractivity contribution in [3.63, 3.8) is 0 Å². The van der Waals surface area contributed by atoms with Gasteiger partial charge in [-0.25, -0.2) is 4.39 Å². The van der Waals surface area contributed by atoms with Crippen molar-refractivity contribution in [3.8, 4) is 23.0 Å². The molecule has 0 aliphatic rings.